The van der Waals surface area contributed by atoms with Gasteiger partial charge in [-0.15, -0.1) is 0 Å². The summed E-state index contributed by atoms with van der Waals surface area (Å²) in [6, 6.07) is 0. The average molecular weight is 155 g/mol. The second-order valence-electron chi connectivity index (χ2n) is 2.84. The maximum Gasteiger partial charge on any atom is 0.235 e. The van der Waals surface area contributed by atoms with Gasteiger partial charge >= 0.3 is 0 Å². The van der Waals surface area contributed by atoms with Gasteiger partial charge < -0.3 is 5.32 Å². The molecule has 1 aliphatic heterocycles. The van der Waals surface area contributed by atoms with E-state index < -0.39 is 0 Å². The standard InChI is InChI=1S/C8H15N2O/c1-2-3-4-5-7-9-6-8(11)10-7/h9H,2-6H2,1H3,(H,10,11). The fourth-order valence-electron chi connectivity index (χ4n) is 1.15. The van der Waals surface area contributed by atoms with Crippen LogP contribution in [-0.2, 0) is 4.79 Å². The maximum absolute atomic E-state index is 10.7. The molecule has 1 heterocycles. The molecule has 1 radical (unpaired) electrons. The summed E-state index contributed by atoms with van der Waals surface area (Å²) in [4.78, 5) is 10.7. The van der Waals surface area contributed by atoms with E-state index in [9.17, 15) is 4.79 Å². The Hall–Kier alpha value is -0.570. The lowest BCUT2D eigenvalue weighted by Gasteiger charge is -2.06. The number of carbonyl (C=O) groups is 1. The van der Waals surface area contributed by atoms with Crippen molar-refractivity contribution in [2.45, 2.75) is 32.6 Å². The van der Waals surface area contributed by atoms with Gasteiger partial charge in [-0.05, 0) is 12.8 Å². The van der Waals surface area contributed by atoms with E-state index in [1.165, 1.54) is 19.3 Å². The van der Waals surface area contributed by atoms with Gasteiger partial charge in [-0.2, -0.15) is 0 Å². The molecule has 0 saturated carbocycles. The molecule has 0 atom stereocenters. The van der Waals surface area contributed by atoms with Crippen LogP contribution in [0.5, 0.6) is 0 Å². The molecule has 1 aliphatic rings. The van der Waals surface area contributed by atoms with E-state index in [2.05, 4.69) is 17.6 Å². The van der Waals surface area contributed by atoms with E-state index in [-0.39, 0.29) is 5.91 Å². The molecule has 1 saturated heterocycles. The van der Waals surface area contributed by atoms with Crippen molar-refractivity contribution >= 4 is 5.91 Å². The van der Waals surface area contributed by atoms with Gasteiger partial charge in [0, 0.05) is 0 Å². The number of hydrogen-bond acceptors (Lipinski definition) is 2. The van der Waals surface area contributed by atoms with Crippen LogP contribution in [-0.4, -0.2) is 12.5 Å². The zero-order valence-electron chi connectivity index (χ0n) is 6.94. The normalized spacial score (nSPS) is 18.8. The Bertz CT molecular complexity index is 136. The fraction of sp³-hybridized carbons (Fsp3) is 0.750. The van der Waals surface area contributed by atoms with Gasteiger partial charge in [-0.3, -0.25) is 10.1 Å². The molecule has 0 aromatic carbocycles. The highest BCUT2D eigenvalue weighted by Gasteiger charge is 2.19. The third kappa shape index (κ3) is 2.89. The van der Waals surface area contributed by atoms with E-state index in [1.807, 2.05) is 0 Å². The molecule has 3 heteroatoms. The van der Waals surface area contributed by atoms with Crippen molar-refractivity contribution in [3.8, 4) is 0 Å². The second kappa shape index (κ2) is 4.34. The third-order valence-electron chi connectivity index (χ3n) is 1.78. The molecule has 1 amide bonds. The number of unbranched alkanes of at least 4 members (excludes halogenated alkanes) is 2. The van der Waals surface area contributed by atoms with Gasteiger partial charge in [-0.25, -0.2) is 0 Å². The van der Waals surface area contributed by atoms with Crippen LogP contribution in [0.25, 0.3) is 0 Å². The zero-order chi connectivity index (χ0) is 8.10. The van der Waals surface area contributed by atoms with Crippen molar-refractivity contribution in [2.75, 3.05) is 6.54 Å². The van der Waals surface area contributed by atoms with Crippen molar-refractivity contribution in [3.63, 3.8) is 0 Å². The first-order chi connectivity index (χ1) is 5.33. The summed E-state index contributed by atoms with van der Waals surface area (Å²) in [5, 5.41) is 5.80. The van der Waals surface area contributed by atoms with Gasteiger partial charge in [-0.1, -0.05) is 19.8 Å². The molecule has 0 aromatic heterocycles. The van der Waals surface area contributed by atoms with Gasteiger partial charge in [0.2, 0.25) is 5.91 Å². The Morgan fingerprint density at radius 2 is 2.27 bits per heavy atom. The molecule has 2 N–H and O–H groups in total. The van der Waals surface area contributed by atoms with Crippen LogP contribution in [0.4, 0.5) is 0 Å². The average Bonchev–Trinajstić information content (AvgIpc) is 2.37. The molecular weight excluding hydrogens is 140 g/mol. The first kappa shape index (κ1) is 8.53. The van der Waals surface area contributed by atoms with Crippen molar-refractivity contribution in [1.29, 1.82) is 0 Å². The predicted molar refractivity (Wildman–Crippen MR) is 43.5 cm³/mol. The number of amides is 1. The fourth-order valence-corrected chi connectivity index (χ4v) is 1.15. The molecule has 0 aliphatic carbocycles. The molecule has 3 nitrogen and oxygen atoms in total. The quantitative estimate of drug-likeness (QED) is 0.589. The largest absolute Gasteiger partial charge is 0.334 e. The van der Waals surface area contributed by atoms with Crippen molar-refractivity contribution < 1.29 is 4.79 Å². The van der Waals surface area contributed by atoms with Crippen LogP contribution >= 0.6 is 0 Å². The summed E-state index contributed by atoms with van der Waals surface area (Å²) in [5.74, 6) is 0.0940. The van der Waals surface area contributed by atoms with Crippen molar-refractivity contribution in [2.24, 2.45) is 0 Å². The Morgan fingerprint density at radius 1 is 1.45 bits per heavy atom. The first-order valence-corrected chi connectivity index (χ1v) is 4.22. The molecule has 1 fully saturated rings. The zero-order valence-corrected chi connectivity index (χ0v) is 6.94. The van der Waals surface area contributed by atoms with E-state index in [0.29, 0.717) is 6.54 Å². The lowest BCUT2D eigenvalue weighted by molar-refractivity contribution is -0.118. The highest BCUT2D eigenvalue weighted by molar-refractivity contribution is 5.81. The van der Waals surface area contributed by atoms with Crippen LogP contribution in [0, 0.1) is 6.17 Å². The topological polar surface area (TPSA) is 41.1 Å². The van der Waals surface area contributed by atoms with Crippen molar-refractivity contribution in [1.82, 2.24) is 10.6 Å². The Balaban J connectivity index is 2.04. The monoisotopic (exact) mass is 155 g/mol. The molecule has 0 aromatic rings. The molecule has 63 valence electrons. The molecule has 11 heavy (non-hydrogen) atoms. The first-order valence-electron chi connectivity index (χ1n) is 4.22. The minimum Gasteiger partial charge on any atom is -0.334 e. The second-order valence-corrected chi connectivity index (χ2v) is 2.84. The summed E-state index contributed by atoms with van der Waals surface area (Å²) in [5.41, 5.74) is 0. The highest BCUT2D eigenvalue weighted by atomic mass is 16.2. The van der Waals surface area contributed by atoms with E-state index in [0.717, 1.165) is 12.6 Å². The van der Waals surface area contributed by atoms with Crippen molar-refractivity contribution in [3.05, 3.63) is 6.17 Å². The summed E-state index contributed by atoms with van der Waals surface area (Å²) in [7, 11) is 0. The summed E-state index contributed by atoms with van der Waals surface area (Å²) in [6.07, 6.45) is 5.62. The SMILES string of the molecule is CCCCC[C]1NCC(=O)N1. The van der Waals surface area contributed by atoms with Gasteiger partial charge in [0.25, 0.3) is 0 Å². The minimum atomic E-state index is 0.0940. The van der Waals surface area contributed by atoms with Crippen LogP contribution in [0.1, 0.15) is 32.6 Å². The van der Waals surface area contributed by atoms with Crippen LogP contribution in [0.2, 0.25) is 0 Å². The maximum atomic E-state index is 10.7. The highest BCUT2D eigenvalue weighted by Crippen LogP contribution is 2.08. The molecule has 0 unspecified atom stereocenters. The number of nitrogens with one attached hydrogen (secondary N) is 2. The molecule has 1 rings (SSSR count). The number of hydrogen-bond donors (Lipinski definition) is 2. The van der Waals surface area contributed by atoms with E-state index in [1.54, 1.807) is 0 Å². The molecule has 0 spiro atoms. The van der Waals surface area contributed by atoms with Crippen LogP contribution < -0.4 is 10.6 Å². The van der Waals surface area contributed by atoms with Gasteiger partial charge in [0.05, 0.1) is 6.54 Å². The Morgan fingerprint density at radius 3 is 2.82 bits per heavy atom. The smallest absolute Gasteiger partial charge is 0.235 e. The number of rotatable bonds is 4. The number of carbonyl (C=O) groups excluding carboxylic acids is 1. The Kier molecular flexibility index (Phi) is 3.36. The van der Waals surface area contributed by atoms with Crippen LogP contribution in [0.3, 0.4) is 0 Å². The molecular formula is C8H15N2O. The lowest BCUT2D eigenvalue weighted by Crippen LogP contribution is -2.22. The minimum absolute atomic E-state index is 0.0940. The summed E-state index contributed by atoms with van der Waals surface area (Å²) >= 11 is 0. The Labute approximate surface area is 67.5 Å². The van der Waals surface area contributed by atoms with Gasteiger partial charge in [0.15, 0.2) is 0 Å². The third-order valence-corrected chi connectivity index (χ3v) is 1.78. The summed E-state index contributed by atoms with van der Waals surface area (Å²) in [6.45, 7) is 2.63. The van der Waals surface area contributed by atoms with Gasteiger partial charge in [0.1, 0.15) is 6.17 Å². The molecule has 0 bridgehead atoms. The van der Waals surface area contributed by atoms with E-state index in [4.69, 9.17) is 0 Å². The van der Waals surface area contributed by atoms with Crippen LogP contribution in [0.15, 0.2) is 0 Å². The van der Waals surface area contributed by atoms with E-state index >= 15 is 0 Å². The lowest BCUT2D eigenvalue weighted by atomic mass is 10.2. The summed E-state index contributed by atoms with van der Waals surface area (Å²) < 4.78 is 0. The predicted octanol–water partition coefficient (Wildman–Crippen LogP) is 0.776.